The summed E-state index contributed by atoms with van der Waals surface area (Å²) in [5.74, 6) is 0.727. The number of aromatic nitrogens is 2. The zero-order valence-corrected chi connectivity index (χ0v) is 24.4. The van der Waals surface area contributed by atoms with Crippen molar-refractivity contribution >= 4 is 28.2 Å². The monoisotopic (exact) mass is 579 g/mol. The molecule has 0 saturated carbocycles. The molecule has 43 heavy (non-hydrogen) atoms. The summed E-state index contributed by atoms with van der Waals surface area (Å²) in [4.78, 5) is 31.3. The number of rotatable bonds is 9. The van der Waals surface area contributed by atoms with Crippen LogP contribution in [0.25, 0.3) is 10.8 Å². The molecule has 0 N–H and O–H groups in total. The zero-order chi connectivity index (χ0) is 29.3. The smallest absolute Gasteiger partial charge is 0.318 e. The first-order valence-corrected chi connectivity index (χ1v) is 15.3. The Labute approximate surface area is 252 Å². The largest absolute Gasteiger partial charge is 0.463 e. The molecule has 4 aliphatic rings. The van der Waals surface area contributed by atoms with E-state index in [1.54, 1.807) is 4.90 Å². The van der Waals surface area contributed by atoms with Gasteiger partial charge in [-0.3, -0.25) is 9.69 Å². The molecule has 0 aliphatic carbocycles. The molecule has 2 unspecified atom stereocenters. The summed E-state index contributed by atoms with van der Waals surface area (Å²) < 4.78 is 11.7. The molecular weight excluding hydrogens is 542 g/mol. The molecule has 0 bridgehead atoms. The number of anilines is 2. The molecule has 0 radical (unpaired) electrons. The highest BCUT2D eigenvalue weighted by atomic mass is 16.5. The van der Waals surface area contributed by atoms with E-state index in [0.29, 0.717) is 50.9 Å². The Bertz CT molecular complexity index is 1570. The molecule has 3 saturated heterocycles. The number of benzene rings is 2. The van der Waals surface area contributed by atoms with Gasteiger partial charge in [-0.15, -0.1) is 0 Å². The van der Waals surface area contributed by atoms with Crippen molar-refractivity contribution in [2.24, 2.45) is 0 Å². The quantitative estimate of drug-likeness (QED) is 0.280. The van der Waals surface area contributed by atoms with Crippen molar-refractivity contribution in [3.8, 4) is 12.1 Å². The van der Waals surface area contributed by atoms with Crippen LogP contribution >= 0.6 is 0 Å². The molecule has 0 spiro atoms. The third-order valence-electron chi connectivity index (χ3n) is 9.31. The van der Waals surface area contributed by atoms with Gasteiger partial charge in [-0.1, -0.05) is 43.0 Å². The number of carbonyl (C=O) groups is 1. The molecule has 3 aromatic rings. The maximum absolute atomic E-state index is 12.5. The van der Waals surface area contributed by atoms with E-state index in [9.17, 15) is 10.1 Å². The van der Waals surface area contributed by atoms with Crippen LogP contribution in [0.4, 0.5) is 11.5 Å². The van der Waals surface area contributed by atoms with Gasteiger partial charge in [0.05, 0.1) is 56.1 Å². The number of morpholine rings is 1. The Morgan fingerprint density at radius 2 is 2.00 bits per heavy atom. The summed E-state index contributed by atoms with van der Waals surface area (Å²) in [7, 11) is 0. The minimum absolute atomic E-state index is 0.138. The van der Waals surface area contributed by atoms with Crippen LogP contribution in [0.2, 0.25) is 0 Å². The molecule has 1 amide bonds. The topological polar surface area (TPSA) is 98.1 Å². The van der Waals surface area contributed by atoms with Crippen molar-refractivity contribution in [3.05, 3.63) is 66.4 Å². The van der Waals surface area contributed by atoms with Gasteiger partial charge in [0.2, 0.25) is 5.91 Å². The van der Waals surface area contributed by atoms with E-state index in [1.165, 1.54) is 22.5 Å². The van der Waals surface area contributed by atoms with E-state index in [0.717, 1.165) is 56.2 Å². The lowest BCUT2D eigenvalue weighted by Crippen LogP contribution is -2.70. The van der Waals surface area contributed by atoms with Gasteiger partial charge in [0, 0.05) is 55.9 Å². The first-order chi connectivity index (χ1) is 21.1. The zero-order valence-electron chi connectivity index (χ0n) is 24.4. The Balaban J connectivity index is 1.14. The molecule has 7 rings (SSSR count). The summed E-state index contributed by atoms with van der Waals surface area (Å²) in [6, 6.07) is 17.9. The highest BCUT2D eigenvalue weighted by Crippen LogP contribution is 2.35. The van der Waals surface area contributed by atoms with Crippen molar-refractivity contribution < 1.29 is 14.3 Å². The molecule has 1 aromatic heterocycles. The van der Waals surface area contributed by atoms with Crippen LogP contribution < -0.4 is 14.5 Å². The molecule has 4 aliphatic heterocycles. The number of hydrogen-bond donors (Lipinski definition) is 0. The Morgan fingerprint density at radius 3 is 2.79 bits per heavy atom. The van der Waals surface area contributed by atoms with E-state index in [4.69, 9.17) is 19.4 Å². The fraction of sp³-hybridized carbons (Fsp3) is 0.455. The minimum Gasteiger partial charge on any atom is -0.463 e. The number of amides is 1. The molecule has 3 fully saturated rings. The number of carbonyl (C=O) groups excluding carboxylic acids is 1. The second kappa shape index (κ2) is 11.8. The molecule has 5 heterocycles. The maximum atomic E-state index is 12.5. The van der Waals surface area contributed by atoms with Gasteiger partial charge in [0.1, 0.15) is 5.82 Å². The van der Waals surface area contributed by atoms with Crippen LogP contribution in [0.3, 0.4) is 0 Å². The van der Waals surface area contributed by atoms with Gasteiger partial charge in [0.15, 0.2) is 0 Å². The SMILES string of the molecule is C=CC(=O)N1CCN(c2nc(OCCCN3C[C@H]4OCC43)nc3c2CCN(c2cccc4ccccc24)C3)CC1CC#N. The van der Waals surface area contributed by atoms with Gasteiger partial charge in [-0.25, -0.2) is 0 Å². The molecule has 3 atom stereocenters. The van der Waals surface area contributed by atoms with Gasteiger partial charge in [-0.05, 0) is 30.4 Å². The molecule has 10 nitrogen and oxygen atoms in total. The van der Waals surface area contributed by atoms with E-state index < -0.39 is 0 Å². The number of likely N-dealkylation sites (tertiary alicyclic amines) is 1. The van der Waals surface area contributed by atoms with Gasteiger partial charge in [0.25, 0.3) is 0 Å². The average molecular weight is 580 g/mol. The van der Waals surface area contributed by atoms with Crippen molar-refractivity contribution in [1.29, 1.82) is 5.26 Å². The normalized spacial score (nSPS) is 23.0. The first kappa shape index (κ1) is 27.6. The summed E-state index contributed by atoms with van der Waals surface area (Å²) in [5, 5.41) is 12.0. The maximum Gasteiger partial charge on any atom is 0.318 e. The summed E-state index contributed by atoms with van der Waals surface area (Å²) >= 11 is 0. The third kappa shape index (κ3) is 5.28. The Hall–Kier alpha value is -4.20. The van der Waals surface area contributed by atoms with Crippen molar-refractivity contribution in [3.63, 3.8) is 0 Å². The van der Waals surface area contributed by atoms with Crippen molar-refractivity contribution in [2.45, 2.75) is 44.0 Å². The molecule has 10 heteroatoms. The van der Waals surface area contributed by atoms with Crippen LogP contribution in [-0.2, 0) is 22.5 Å². The number of nitrogens with zero attached hydrogens (tertiary/aromatic N) is 7. The van der Waals surface area contributed by atoms with Crippen molar-refractivity contribution in [2.75, 3.05) is 62.3 Å². The highest BCUT2D eigenvalue weighted by molar-refractivity contribution is 5.94. The summed E-state index contributed by atoms with van der Waals surface area (Å²) in [6.07, 6.45) is 3.71. The lowest BCUT2D eigenvalue weighted by Gasteiger charge is -2.55. The number of nitriles is 1. The third-order valence-corrected chi connectivity index (χ3v) is 9.31. The second-order valence-electron chi connectivity index (χ2n) is 11.8. The van der Waals surface area contributed by atoms with E-state index in [2.05, 4.69) is 69.8 Å². The van der Waals surface area contributed by atoms with E-state index in [-0.39, 0.29) is 18.4 Å². The van der Waals surface area contributed by atoms with Gasteiger partial charge >= 0.3 is 6.01 Å². The summed E-state index contributed by atoms with van der Waals surface area (Å²) in [6.45, 7) is 10.2. The second-order valence-corrected chi connectivity index (χ2v) is 11.8. The average Bonchev–Trinajstić information content (AvgIpc) is 3.03. The fourth-order valence-corrected chi connectivity index (χ4v) is 6.89. The number of hydrogen-bond acceptors (Lipinski definition) is 9. The lowest BCUT2D eigenvalue weighted by molar-refractivity contribution is -0.214. The number of ether oxygens (including phenoxy) is 2. The molecule has 222 valence electrons. The Morgan fingerprint density at radius 1 is 1.12 bits per heavy atom. The highest BCUT2D eigenvalue weighted by Gasteiger charge is 2.46. The van der Waals surface area contributed by atoms with Crippen molar-refractivity contribution in [1.82, 2.24) is 19.8 Å². The fourth-order valence-electron chi connectivity index (χ4n) is 6.89. The predicted molar refractivity (Wildman–Crippen MR) is 164 cm³/mol. The first-order valence-electron chi connectivity index (χ1n) is 15.3. The van der Waals surface area contributed by atoms with Crippen LogP contribution in [0.5, 0.6) is 6.01 Å². The van der Waals surface area contributed by atoms with Crippen LogP contribution in [-0.4, -0.2) is 96.3 Å². The van der Waals surface area contributed by atoms with Gasteiger partial charge < -0.3 is 24.2 Å². The number of fused-ring (bicyclic) bond motifs is 3. The Kier molecular flexibility index (Phi) is 7.59. The predicted octanol–water partition coefficient (Wildman–Crippen LogP) is 3.16. The standard InChI is InChI=1S/C33H37N7O3/c1-2-31(41)40-17-16-39(19-24(40)11-13-34)32-26-12-15-38(28-10-5-8-23-7-3-4-9-25(23)28)20-27(26)35-33(36-32)42-18-6-14-37-21-30-29(37)22-43-30/h2-5,7-10,24,29-30H,1,6,11-12,14-22H2/t24?,29?,30-/m1/s1. The number of piperazine rings is 1. The van der Waals surface area contributed by atoms with E-state index >= 15 is 0 Å². The van der Waals surface area contributed by atoms with Crippen LogP contribution in [0.1, 0.15) is 24.1 Å². The van der Waals surface area contributed by atoms with Crippen LogP contribution in [0.15, 0.2) is 55.1 Å². The van der Waals surface area contributed by atoms with Crippen LogP contribution in [0, 0.1) is 11.3 Å². The summed E-state index contributed by atoms with van der Waals surface area (Å²) in [5.41, 5.74) is 3.29. The molecule has 2 aromatic carbocycles. The lowest BCUT2D eigenvalue weighted by atomic mass is 9.95. The van der Waals surface area contributed by atoms with Gasteiger partial charge in [-0.2, -0.15) is 15.2 Å². The van der Waals surface area contributed by atoms with E-state index in [1.807, 2.05) is 0 Å². The molecular formula is C33H37N7O3. The minimum atomic E-state index is -0.231.